The number of unbranched alkanes of at least 4 members (excludes halogenated alkanes) is 20. The third-order valence-corrected chi connectivity index (χ3v) is 11.6. The van der Waals surface area contributed by atoms with E-state index in [1.54, 1.807) is 7.11 Å². The Labute approximate surface area is 465 Å². The first-order valence-corrected chi connectivity index (χ1v) is 29.2. The second-order valence-electron chi connectivity index (χ2n) is 18.8. The average molecular weight is 1140 g/mol. The summed E-state index contributed by atoms with van der Waals surface area (Å²) in [5, 5.41) is 12.9. The predicted molar refractivity (Wildman–Crippen MR) is 290 cm³/mol. The van der Waals surface area contributed by atoms with Crippen molar-refractivity contribution in [1.82, 2.24) is 10.6 Å². The predicted octanol–water partition coefficient (Wildman–Crippen LogP) is 9.27. The van der Waals surface area contributed by atoms with E-state index in [4.69, 9.17) is 62.0 Å². The van der Waals surface area contributed by atoms with E-state index in [9.17, 15) is 32.3 Å². The molecule has 0 radical (unpaired) electrons. The molecular weight excluding hydrogens is 1030 g/mol. The highest BCUT2D eigenvalue weighted by molar-refractivity contribution is 5.73. The Morgan fingerprint density at radius 1 is 0.397 bits per heavy atom. The molecule has 0 aromatic rings. The number of halogens is 3. The van der Waals surface area contributed by atoms with Crippen LogP contribution in [-0.2, 0) is 76.1 Å². The Morgan fingerprint density at radius 2 is 0.731 bits per heavy atom. The van der Waals surface area contributed by atoms with Crippen LogP contribution in [0.2, 0.25) is 0 Å². The zero-order valence-corrected chi connectivity index (χ0v) is 48.2. The molecular formula is C56H105F3N2O17. The summed E-state index contributed by atoms with van der Waals surface area (Å²) in [6, 6.07) is 0. The third-order valence-electron chi connectivity index (χ3n) is 11.6. The van der Waals surface area contributed by atoms with Crippen LogP contribution in [0.25, 0.3) is 0 Å². The van der Waals surface area contributed by atoms with Crippen LogP contribution in [0.3, 0.4) is 0 Å². The maximum Gasteiger partial charge on any atom is 0.490 e. The summed E-state index contributed by atoms with van der Waals surface area (Å²) >= 11 is 0. The lowest BCUT2D eigenvalue weighted by Gasteiger charge is -2.18. The standard InChI is InChI=1S/C54H104N2O15.C2HF3O2/c1-4-6-8-10-12-19-26-34-68-51(57)28-22-16-14-18-24-32-65-48-50(67-33-25-21-15-17-23-29-52(58)69-35-27-20-13-11-9-7-5-2)49-66-43-42-63-39-38-62-40-41-64-44-45-71-54(60)47-56-31-37-70-53(59)46-55-30-36-61-3;3-2(4,5)1(6)7/h50,55-56H,4-49H2,1-3H3;(H,6,7). The number of aliphatic carboxylic acids is 1. The summed E-state index contributed by atoms with van der Waals surface area (Å²) in [4.78, 5) is 56.5. The summed E-state index contributed by atoms with van der Waals surface area (Å²) in [5.41, 5.74) is 0. The molecule has 19 nitrogen and oxygen atoms in total. The fourth-order valence-corrected chi connectivity index (χ4v) is 7.13. The van der Waals surface area contributed by atoms with E-state index < -0.39 is 18.1 Å². The van der Waals surface area contributed by atoms with E-state index in [-0.39, 0.29) is 56.9 Å². The fourth-order valence-electron chi connectivity index (χ4n) is 7.13. The highest BCUT2D eigenvalue weighted by Gasteiger charge is 2.38. The lowest BCUT2D eigenvalue weighted by atomic mass is 10.1. The van der Waals surface area contributed by atoms with Gasteiger partial charge in [0.15, 0.2) is 0 Å². The normalized spacial score (nSPS) is 11.7. The van der Waals surface area contributed by atoms with Gasteiger partial charge in [0.25, 0.3) is 0 Å². The highest BCUT2D eigenvalue weighted by Crippen LogP contribution is 2.14. The van der Waals surface area contributed by atoms with E-state index in [2.05, 4.69) is 24.5 Å². The summed E-state index contributed by atoms with van der Waals surface area (Å²) < 4.78 is 92.5. The van der Waals surface area contributed by atoms with Crippen LogP contribution in [0.1, 0.15) is 181 Å². The van der Waals surface area contributed by atoms with Gasteiger partial charge in [-0.3, -0.25) is 19.2 Å². The molecule has 1 atom stereocenters. The second kappa shape index (κ2) is 61.4. The van der Waals surface area contributed by atoms with E-state index in [0.29, 0.717) is 112 Å². The van der Waals surface area contributed by atoms with Gasteiger partial charge >= 0.3 is 36.0 Å². The first-order valence-electron chi connectivity index (χ1n) is 29.2. The van der Waals surface area contributed by atoms with Crippen LogP contribution < -0.4 is 10.6 Å². The second-order valence-corrected chi connectivity index (χ2v) is 18.8. The van der Waals surface area contributed by atoms with E-state index in [1.807, 2.05) is 0 Å². The van der Waals surface area contributed by atoms with Crippen molar-refractivity contribution in [1.29, 1.82) is 0 Å². The topological polar surface area (TPSA) is 231 Å². The number of carboxylic acids is 1. The van der Waals surface area contributed by atoms with Crippen LogP contribution in [-0.4, -0.2) is 186 Å². The number of hydrogen-bond donors (Lipinski definition) is 3. The van der Waals surface area contributed by atoms with Crippen molar-refractivity contribution in [2.24, 2.45) is 0 Å². The molecule has 462 valence electrons. The van der Waals surface area contributed by atoms with Gasteiger partial charge < -0.3 is 67.8 Å². The van der Waals surface area contributed by atoms with Gasteiger partial charge in [0.05, 0.1) is 92.4 Å². The Morgan fingerprint density at radius 3 is 1.17 bits per heavy atom. The molecule has 0 aromatic heterocycles. The number of ether oxygens (including phenoxy) is 11. The lowest BCUT2D eigenvalue weighted by Crippen LogP contribution is -2.31. The zero-order valence-electron chi connectivity index (χ0n) is 48.2. The van der Waals surface area contributed by atoms with Crippen molar-refractivity contribution in [3.8, 4) is 0 Å². The Balaban J connectivity index is 0. The summed E-state index contributed by atoms with van der Waals surface area (Å²) in [5.74, 6) is -3.69. The van der Waals surface area contributed by atoms with Crippen LogP contribution in [0.5, 0.6) is 0 Å². The van der Waals surface area contributed by atoms with Crippen molar-refractivity contribution in [2.75, 3.05) is 139 Å². The van der Waals surface area contributed by atoms with Gasteiger partial charge in [-0.2, -0.15) is 13.2 Å². The molecule has 0 spiro atoms. The molecule has 0 rings (SSSR count). The number of carboxylic acid groups (broad SMARTS) is 1. The minimum absolute atomic E-state index is 0.00726. The molecule has 3 N–H and O–H groups in total. The Bertz CT molecular complexity index is 1360. The van der Waals surface area contributed by atoms with Crippen LogP contribution in [0.15, 0.2) is 0 Å². The van der Waals surface area contributed by atoms with Gasteiger partial charge in [0, 0.05) is 46.3 Å². The van der Waals surface area contributed by atoms with E-state index in [0.717, 1.165) is 89.9 Å². The molecule has 0 heterocycles. The van der Waals surface area contributed by atoms with Gasteiger partial charge in [-0.05, 0) is 38.5 Å². The number of alkyl halides is 3. The average Bonchev–Trinajstić information content (AvgIpc) is 3.41. The molecule has 0 aliphatic heterocycles. The van der Waals surface area contributed by atoms with Crippen LogP contribution in [0, 0.1) is 0 Å². The van der Waals surface area contributed by atoms with Gasteiger partial charge in [0.1, 0.15) is 19.3 Å². The number of methoxy groups -OCH3 is 1. The van der Waals surface area contributed by atoms with Crippen LogP contribution >= 0.6 is 0 Å². The summed E-state index contributed by atoms with van der Waals surface area (Å²) in [6.07, 6.45) is 22.5. The zero-order chi connectivity index (χ0) is 57.7. The lowest BCUT2D eigenvalue weighted by molar-refractivity contribution is -0.192. The molecule has 0 aliphatic rings. The maximum atomic E-state index is 12.1. The SMILES string of the molecule is CCCCCCCCCOC(=O)CCCCCCCOCC(COCCOCCOCCOCCOC(=O)CNCCOC(=O)CNCCOC)OCCCCCCCC(=O)OCCCCCCCCC.O=C(O)C(F)(F)F. The molecule has 22 heteroatoms. The van der Waals surface area contributed by atoms with Crippen molar-refractivity contribution in [3.05, 3.63) is 0 Å². The molecule has 0 bridgehead atoms. The van der Waals surface area contributed by atoms with Gasteiger partial charge in [-0.25, -0.2) is 4.79 Å². The molecule has 1 unspecified atom stereocenters. The minimum atomic E-state index is -5.08. The third kappa shape index (κ3) is 63.6. The highest BCUT2D eigenvalue weighted by atomic mass is 19.4. The van der Waals surface area contributed by atoms with Crippen molar-refractivity contribution in [2.45, 2.75) is 193 Å². The maximum absolute atomic E-state index is 12.1. The number of rotatable bonds is 59. The number of carbonyl (C=O) groups is 5. The number of esters is 4. The quantitative estimate of drug-likeness (QED) is 0.0293. The monoisotopic (exact) mass is 1130 g/mol. The number of hydrogen-bond acceptors (Lipinski definition) is 18. The van der Waals surface area contributed by atoms with Crippen molar-refractivity contribution in [3.63, 3.8) is 0 Å². The summed E-state index contributed by atoms with van der Waals surface area (Å²) in [7, 11) is 1.59. The van der Waals surface area contributed by atoms with Crippen LogP contribution in [0.4, 0.5) is 13.2 Å². The molecule has 0 aliphatic carbocycles. The molecule has 0 saturated heterocycles. The number of carbonyl (C=O) groups excluding carboxylic acids is 4. The molecule has 0 aromatic carbocycles. The minimum Gasteiger partial charge on any atom is -0.475 e. The van der Waals surface area contributed by atoms with Crippen molar-refractivity contribution >= 4 is 29.8 Å². The molecule has 78 heavy (non-hydrogen) atoms. The largest absolute Gasteiger partial charge is 0.490 e. The summed E-state index contributed by atoms with van der Waals surface area (Å²) in [6.45, 7) is 12.2. The van der Waals surface area contributed by atoms with E-state index in [1.165, 1.54) is 64.2 Å². The van der Waals surface area contributed by atoms with Gasteiger partial charge in [-0.15, -0.1) is 0 Å². The molecule has 0 amide bonds. The fraction of sp³-hybridized carbons (Fsp3) is 0.911. The van der Waals surface area contributed by atoms with E-state index >= 15 is 0 Å². The molecule has 0 saturated carbocycles. The van der Waals surface area contributed by atoms with Gasteiger partial charge in [0.2, 0.25) is 0 Å². The smallest absolute Gasteiger partial charge is 0.475 e. The Kier molecular flexibility index (Phi) is 60.5. The number of nitrogens with one attached hydrogen (secondary N) is 2. The first kappa shape index (κ1) is 76.8. The Hall–Kier alpha value is -3.22. The molecule has 0 fully saturated rings. The van der Waals surface area contributed by atoms with Crippen molar-refractivity contribution < 1.29 is 94.4 Å². The van der Waals surface area contributed by atoms with Gasteiger partial charge in [-0.1, -0.05) is 129 Å². The first-order chi connectivity index (χ1) is 37.9.